The van der Waals surface area contributed by atoms with Crippen LogP contribution in [0.3, 0.4) is 0 Å². The Labute approximate surface area is 224 Å². The number of carbonyl (C=O) groups is 1. The molecule has 38 heavy (non-hydrogen) atoms. The molecular formula is C26H27N5O5S2. The van der Waals surface area contributed by atoms with E-state index in [9.17, 15) is 23.3 Å². The zero-order valence-corrected chi connectivity index (χ0v) is 22.1. The number of benzene rings is 2. The highest BCUT2D eigenvalue weighted by Crippen LogP contribution is 2.62. The van der Waals surface area contributed by atoms with Crippen molar-refractivity contribution in [2.75, 3.05) is 10.0 Å². The van der Waals surface area contributed by atoms with Crippen LogP contribution in [0.4, 0.5) is 21.3 Å². The second-order valence-corrected chi connectivity index (χ2v) is 13.4. The number of rotatable bonds is 7. The minimum atomic E-state index is -3.77. The van der Waals surface area contributed by atoms with Gasteiger partial charge in [0, 0.05) is 34.9 Å². The first-order valence-corrected chi connectivity index (χ1v) is 14.9. The molecule has 4 aliphatic carbocycles. The average molecular weight is 554 g/mol. The Morgan fingerprint density at radius 2 is 1.71 bits per heavy atom. The molecule has 0 aliphatic heterocycles. The van der Waals surface area contributed by atoms with Crippen LogP contribution in [-0.4, -0.2) is 29.9 Å². The van der Waals surface area contributed by atoms with Gasteiger partial charge in [-0.3, -0.25) is 14.8 Å². The highest BCUT2D eigenvalue weighted by Gasteiger charge is 2.58. The van der Waals surface area contributed by atoms with E-state index in [-0.39, 0.29) is 37.6 Å². The van der Waals surface area contributed by atoms with E-state index in [0.717, 1.165) is 44.1 Å². The molecule has 2 unspecified atom stereocenters. The number of hydrogen-bond acceptors (Lipinski definition) is 7. The number of nitro groups is 1. The summed E-state index contributed by atoms with van der Waals surface area (Å²) in [6.07, 6.45) is 7.40. The summed E-state index contributed by atoms with van der Waals surface area (Å²) in [7, 11) is -3.77. The van der Waals surface area contributed by atoms with Gasteiger partial charge in [0.2, 0.25) is 0 Å². The predicted molar refractivity (Wildman–Crippen MR) is 144 cm³/mol. The van der Waals surface area contributed by atoms with Crippen molar-refractivity contribution in [1.29, 1.82) is 0 Å². The van der Waals surface area contributed by atoms with E-state index in [1.165, 1.54) is 29.7 Å². The van der Waals surface area contributed by atoms with Gasteiger partial charge in [0.15, 0.2) is 5.13 Å². The van der Waals surface area contributed by atoms with Crippen LogP contribution in [0.5, 0.6) is 0 Å². The number of nitrogens with one attached hydrogen (secondary N) is 3. The van der Waals surface area contributed by atoms with Gasteiger partial charge in [0.05, 0.1) is 9.82 Å². The van der Waals surface area contributed by atoms with Crippen LogP contribution < -0.4 is 15.4 Å². The zero-order chi connectivity index (χ0) is 26.5. The fourth-order valence-electron chi connectivity index (χ4n) is 7.25. The van der Waals surface area contributed by atoms with E-state index in [4.69, 9.17) is 0 Å². The highest BCUT2D eigenvalue weighted by molar-refractivity contribution is 7.93. The van der Waals surface area contributed by atoms with E-state index in [1.807, 2.05) is 12.1 Å². The Bertz CT molecular complexity index is 1460. The molecule has 4 fully saturated rings. The molecule has 0 saturated heterocycles. The van der Waals surface area contributed by atoms with E-state index in [1.54, 1.807) is 29.6 Å². The molecule has 0 spiro atoms. The summed E-state index contributed by atoms with van der Waals surface area (Å²) in [5.74, 6) is 1.00. The summed E-state index contributed by atoms with van der Waals surface area (Å²) >= 11 is 1.19. The topological polar surface area (TPSA) is 143 Å². The lowest BCUT2D eigenvalue weighted by molar-refractivity contribution is -0.384. The normalized spacial score (nSPS) is 27.6. The summed E-state index contributed by atoms with van der Waals surface area (Å²) in [6, 6.07) is 12.6. The Morgan fingerprint density at radius 1 is 1.03 bits per heavy atom. The molecule has 4 bridgehead atoms. The zero-order valence-electron chi connectivity index (χ0n) is 20.4. The summed E-state index contributed by atoms with van der Waals surface area (Å²) in [5, 5.41) is 19.2. The van der Waals surface area contributed by atoms with Gasteiger partial charge in [-0.2, -0.15) is 0 Å². The van der Waals surface area contributed by atoms with Gasteiger partial charge < -0.3 is 10.6 Å². The number of hydrogen-bond donors (Lipinski definition) is 3. The summed E-state index contributed by atoms with van der Waals surface area (Å²) in [6.45, 7) is 0. The third-order valence-corrected chi connectivity index (χ3v) is 10.4. The standard InChI is InChI=1S/C26H27N5O5S2/c32-23(28-20-3-7-22(8-4-20)38(35,36)30-24-27-9-10-37-24)29-26-14-17-11-18(15-26)13-25(12-17,16-26)19-1-5-21(6-2-19)31(33)34/h1-10,17-18H,11-16H2,(H,27,30)(H2,28,29,32). The van der Waals surface area contributed by atoms with Gasteiger partial charge in [-0.05, 0) is 85.6 Å². The molecule has 4 saturated carbocycles. The summed E-state index contributed by atoms with van der Waals surface area (Å²) < 4.78 is 27.6. The molecule has 12 heteroatoms. The molecule has 2 atom stereocenters. The molecule has 10 nitrogen and oxygen atoms in total. The molecule has 0 radical (unpaired) electrons. The molecule has 2 aromatic carbocycles. The minimum absolute atomic E-state index is 0.0739. The molecular weight excluding hydrogens is 526 g/mol. The van der Waals surface area contributed by atoms with Gasteiger partial charge in [-0.25, -0.2) is 18.2 Å². The summed E-state index contributed by atoms with van der Waals surface area (Å²) in [4.78, 5) is 27.9. The number of nitro benzene ring substituents is 1. The maximum atomic E-state index is 13.1. The lowest BCUT2D eigenvalue weighted by Gasteiger charge is -2.62. The van der Waals surface area contributed by atoms with Crippen LogP contribution in [0.2, 0.25) is 0 Å². The van der Waals surface area contributed by atoms with Crippen LogP contribution in [0, 0.1) is 22.0 Å². The van der Waals surface area contributed by atoms with Crippen LogP contribution in [0.15, 0.2) is 65.0 Å². The minimum Gasteiger partial charge on any atom is -0.332 e. The maximum absolute atomic E-state index is 13.1. The van der Waals surface area contributed by atoms with E-state index >= 15 is 0 Å². The van der Waals surface area contributed by atoms with Gasteiger partial charge in [-0.15, -0.1) is 11.3 Å². The van der Waals surface area contributed by atoms with Crippen molar-refractivity contribution < 1.29 is 18.1 Å². The number of anilines is 2. The Balaban J connectivity index is 1.15. The molecule has 2 amide bonds. The van der Waals surface area contributed by atoms with Gasteiger partial charge in [-0.1, -0.05) is 12.1 Å². The van der Waals surface area contributed by atoms with E-state index < -0.39 is 10.0 Å². The van der Waals surface area contributed by atoms with Crippen LogP contribution in [0.1, 0.15) is 44.1 Å². The van der Waals surface area contributed by atoms with Gasteiger partial charge in [0.1, 0.15) is 0 Å². The van der Waals surface area contributed by atoms with Gasteiger partial charge >= 0.3 is 6.03 Å². The predicted octanol–water partition coefficient (Wildman–Crippen LogP) is 5.26. The molecule has 3 aromatic rings. The second kappa shape index (κ2) is 9.05. The van der Waals surface area contributed by atoms with E-state index in [0.29, 0.717) is 17.5 Å². The van der Waals surface area contributed by atoms with Crippen LogP contribution >= 0.6 is 11.3 Å². The highest BCUT2D eigenvalue weighted by atomic mass is 32.2. The van der Waals surface area contributed by atoms with Crippen molar-refractivity contribution in [2.24, 2.45) is 11.8 Å². The monoisotopic (exact) mass is 553 g/mol. The van der Waals surface area contributed by atoms with Crippen molar-refractivity contribution >= 4 is 43.9 Å². The smallest absolute Gasteiger partial charge is 0.319 e. The number of nitrogens with zero attached hydrogens (tertiary/aromatic N) is 2. The Hall–Kier alpha value is -3.51. The van der Waals surface area contributed by atoms with Crippen LogP contribution in [-0.2, 0) is 15.4 Å². The van der Waals surface area contributed by atoms with Crippen molar-refractivity contribution in [1.82, 2.24) is 10.3 Å². The van der Waals surface area contributed by atoms with Crippen molar-refractivity contribution in [3.63, 3.8) is 0 Å². The van der Waals surface area contributed by atoms with Crippen molar-refractivity contribution in [2.45, 2.75) is 54.4 Å². The molecule has 4 aliphatic rings. The molecule has 3 N–H and O–H groups in total. The summed E-state index contributed by atoms with van der Waals surface area (Å²) in [5.41, 5.74) is 1.27. The maximum Gasteiger partial charge on any atom is 0.319 e. The second-order valence-electron chi connectivity index (χ2n) is 10.9. The lowest BCUT2D eigenvalue weighted by atomic mass is 9.45. The SMILES string of the molecule is O=C(Nc1ccc(S(=O)(=O)Nc2nccs2)cc1)NC12CC3CC(C1)CC(c1ccc([N+](=O)[O-])cc1)(C3)C2. The molecule has 1 aromatic heterocycles. The Kier molecular flexibility index (Phi) is 5.91. The third-order valence-electron chi connectivity index (χ3n) is 8.21. The average Bonchev–Trinajstić information content (AvgIpc) is 3.35. The molecule has 198 valence electrons. The number of thiazole rings is 1. The largest absolute Gasteiger partial charge is 0.332 e. The number of non-ortho nitro benzene ring substituents is 1. The number of urea groups is 1. The fourth-order valence-corrected chi connectivity index (χ4v) is 9.04. The Morgan fingerprint density at radius 3 is 2.32 bits per heavy atom. The van der Waals surface area contributed by atoms with Crippen molar-refractivity contribution in [3.8, 4) is 0 Å². The van der Waals surface area contributed by atoms with E-state index in [2.05, 4.69) is 20.3 Å². The number of sulfonamides is 1. The number of amides is 2. The molecule has 1 heterocycles. The quantitative estimate of drug-likeness (QED) is 0.269. The van der Waals surface area contributed by atoms with Crippen LogP contribution in [0.25, 0.3) is 0 Å². The lowest BCUT2D eigenvalue weighted by Crippen LogP contribution is -2.64. The van der Waals surface area contributed by atoms with Gasteiger partial charge in [0.25, 0.3) is 15.7 Å². The third kappa shape index (κ3) is 4.62. The number of aromatic nitrogens is 1. The first kappa shape index (κ1) is 24.8. The molecule has 7 rings (SSSR count). The number of carbonyl (C=O) groups excluding carboxylic acids is 1. The van der Waals surface area contributed by atoms with Crippen molar-refractivity contribution in [3.05, 3.63) is 75.8 Å². The first-order chi connectivity index (χ1) is 18.1. The first-order valence-electron chi connectivity index (χ1n) is 12.5. The fraction of sp³-hybridized carbons (Fsp3) is 0.385.